The van der Waals surface area contributed by atoms with Crippen LogP contribution in [0.4, 0.5) is 4.39 Å². The van der Waals surface area contributed by atoms with Crippen molar-refractivity contribution < 1.29 is 13.9 Å². The van der Waals surface area contributed by atoms with Gasteiger partial charge in [0.1, 0.15) is 11.6 Å². The highest BCUT2D eigenvalue weighted by molar-refractivity contribution is 5.77. The Balaban J connectivity index is 1.36. The summed E-state index contributed by atoms with van der Waals surface area (Å²) >= 11 is 0. The van der Waals surface area contributed by atoms with Gasteiger partial charge >= 0.3 is 0 Å². The van der Waals surface area contributed by atoms with Gasteiger partial charge in [0.05, 0.1) is 13.8 Å². The lowest BCUT2D eigenvalue weighted by molar-refractivity contribution is -0.130. The lowest BCUT2D eigenvalue weighted by atomic mass is 9.89. The molecule has 1 N–H and O–H groups in total. The number of H-pyrrole nitrogens is 1. The van der Waals surface area contributed by atoms with E-state index in [2.05, 4.69) is 10.2 Å². The molecule has 1 saturated heterocycles. The fourth-order valence-electron chi connectivity index (χ4n) is 4.74. The van der Waals surface area contributed by atoms with Crippen molar-refractivity contribution in [1.29, 1.82) is 0 Å². The number of amides is 1. The quantitative estimate of drug-likeness (QED) is 0.743. The third-order valence-electron chi connectivity index (χ3n) is 6.62. The molecule has 1 amide bonds. The summed E-state index contributed by atoms with van der Waals surface area (Å²) < 4.78 is 18.9. The number of aromatic amines is 1. The molecule has 2 atom stereocenters. The molecule has 4 rings (SSSR count). The first kappa shape index (κ1) is 20.8. The number of hydrogen-bond donors (Lipinski definition) is 1. The van der Waals surface area contributed by atoms with Crippen LogP contribution in [0.2, 0.25) is 0 Å². The van der Waals surface area contributed by atoms with E-state index in [0.717, 1.165) is 35.8 Å². The molecule has 2 aliphatic rings. The molecule has 1 aliphatic carbocycles. The molecule has 1 aromatic carbocycles. The zero-order chi connectivity index (χ0) is 20.9. The van der Waals surface area contributed by atoms with Gasteiger partial charge in [-0.15, -0.1) is 0 Å². The van der Waals surface area contributed by atoms with Crippen LogP contribution in [0.3, 0.4) is 0 Å². The minimum atomic E-state index is -0.452. The maximum atomic E-state index is 13.7. The van der Waals surface area contributed by atoms with Crippen LogP contribution in [0, 0.1) is 5.92 Å². The van der Waals surface area contributed by atoms with Gasteiger partial charge in [0.25, 0.3) is 0 Å². The number of likely N-dealkylation sites (tertiary alicyclic amines) is 1. The molecule has 6 nitrogen and oxygen atoms in total. The molecule has 1 aromatic heterocycles. The maximum absolute atomic E-state index is 13.7. The van der Waals surface area contributed by atoms with Crippen molar-refractivity contribution >= 4 is 5.91 Å². The number of nitrogens with one attached hydrogen (secondary N) is 1. The number of aryl methyl sites for hydroxylation is 1. The minimum Gasteiger partial charge on any atom is -0.497 e. The Morgan fingerprint density at radius 1 is 1.20 bits per heavy atom. The number of carbonyl (C=O) groups excluding carboxylic acids is 1. The highest BCUT2D eigenvalue weighted by atomic mass is 19.1. The topological polar surface area (TPSA) is 71.1 Å². The second kappa shape index (κ2) is 9.58. The first-order valence-electron chi connectivity index (χ1n) is 11.1. The van der Waals surface area contributed by atoms with E-state index in [1.165, 1.54) is 19.3 Å². The van der Waals surface area contributed by atoms with Crippen molar-refractivity contribution in [2.75, 3.05) is 26.9 Å². The van der Waals surface area contributed by atoms with Crippen molar-refractivity contribution in [1.82, 2.24) is 20.1 Å². The lowest BCUT2D eigenvalue weighted by Crippen LogP contribution is -2.29. The monoisotopic (exact) mass is 414 g/mol. The summed E-state index contributed by atoms with van der Waals surface area (Å²) in [5, 5.41) is 7.50. The van der Waals surface area contributed by atoms with Gasteiger partial charge in [0, 0.05) is 37.3 Å². The van der Waals surface area contributed by atoms with Gasteiger partial charge in [-0.3, -0.25) is 14.3 Å². The van der Waals surface area contributed by atoms with E-state index < -0.39 is 6.67 Å². The van der Waals surface area contributed by atoms with Gasteiger partial charge in [-0.05, 0) is 37.0 Å². The maximum Gasteiger partial charge on any atom is 0.222 e. The Morgan fingerprint density at radius 2 is 1.97 bits per heavy atom. The highest BCUT2D eigenvalue weighted by Gasteiger charge is 2.38. The molecule has 162 valence electrons. The van der Waals surface area contributed by atoms with Crippen LogP contribution in [-0.4, -0.2) is 52.9 Å². The van der Waals surface area contributed by atoms with Crippen LogP contribution < -0.4 is 4.74 Å². The Morgan fingerprint density at radius 3 is 2.67 bits per heavy atom. The van der Waals surface area contributed by atoms with Gasteiger partial charge in [0.2, 0.25) is 5.91 Å². The number of rotatable bonds is 7. The van der Waals surface area contributed by atoms with E-state index in [1.54, 1.807) is 12.0 Å². The third kappa shape index (κ3) is 4.65. The molecule has 2 heterocycles. The Hall–Kier alpha value is -2.44. The number of halogens is 1. The molecule has 2 aromatic rings. The highest BCUT2D eigenvalue weighted by Crippen LogP contribution is 2.34. The molecular formula is C23H31FN4O2. The first-order valence-corrected chi connectivity index (χ1v) is 11.1. The van der Waals surface area contributed by atoms with Crippen molar-refractivity contribution in [2.45, 2.75) is 56.8 Å². The smallest absolute Gasteiger partial charge is 0.222 e. The van der Waals surface area contributed by atoms with Gasteiger partial charge in [0.15, 0.2) is 5.82 Å². The molecule has 1 saturated carbocycles. The van der Waals surface area contributed by atoms with E-state index >= 15 is 0 Å². The summed E-state index contributed by atoms with van der Waals surface area (Å²) in [5.41, 5.74) is 1.09. The number of nitrogens with zero attached hydrogens (tertiary/aromatic N) is 3. The number of methoxy groups -OCH3 is 1. The van der Waals surface area contributed by atoms with E-state index in [0.29, 0.717) is 31.8 Å². The van der Waals surface area contributed by atoms with Crippen molar-refractivity contribution in [3.05, 3.63) is 41.5 Å². The number of carbonyl (C=O) groups is 1. The first-order chi connectivity index (χ1) is 14.7. The van der Waals surface area contributed by atoms with E-state index in [-0.39, 0.29) is 17.7 Å². The zero-order valence-corrected chi connectivity index (χ0v) is 17.6. The molecule has 30 heavy (non-hydrogen) atoms. The number of hydrogen-bond acceptors (Lipinski definition) is 4. The van der Waals surface area contributed by atoms with Gasteiger partial charge in [-0.2, -0.15) is 5.10 Å². The molecule has 0 spiro atoms. The van der Waals surface area contributed by atoms with E-state index in [1.807, 2.05) is 24.3 Å². The summed E-state index contributed by atoms with van der Waals surface area (Å²) in [5.74, 6) is 2.56. The van der Waals surface area contributed by atoms with Crippen LogP contribution in [0.5, 0.6) is 5.75 Å². The Labute approximate surface area is 177 Å². The van der Waals surface area contributed by atoms with Crippen LogP contribution >= 0.6 is 0 Å². The minimum absolute atomic E-state index is 0.0683. The molecule has 2 fully saturated rings. The predicted molar refractivity (Wildman–Crippen MR) is 112 cm³/mol. The number of aromatic nitrogens is 3. The van der Waals surface area contributed by atoms with Gasteiger partial charge in [-0.1, -0.05) is 31.4 Å². The van der Waals surface area contributed by atoms with Crippen LogP contribution in [0.1, 0.15) is 67.6 Å². The molecular weight excluding hydrogens is 383 g/mol. The number of alkyl halides is 1. The SMILES string of the molecule is COc1ccc(CCC(=O)N2C[C@@H](CF)[C@H](c3nc(C4CCCCC4)n[nH]3)C2)cc1. The number of ether oxygens (including phenoxy) is 1. The van der Waals surface area contributed by atoms with E-state index in [4.69, 9.17) is 9.72 Å². The lowest BCUT2D eigenvalue weighted by Gasteiger charge is -2.18. The normalized spacial score (nSPS) is 22.4. The summed E-state index contributed by atoms with van der Waals surface area (Å²) in [7, 11) is 1.64. The van der Waals surface area contributed by atoms with Crippen molar-refractivity contribution in [3.8, 4) is 5.75 Å². The van der Waals surface area contributed by atoms with Gasteiger partial charge in [-0.25, -0.2) is 4.98 Å². The standard InChI is InChI=1S/C23H31FN4O2/c1-30-19-10-7-16(8-11-19)9-12-21(29)28-14-18(13-24)20(15-28)23-25-22(26-27-23)17-5-3-2-4-6-17/h7-8,10-11,17-18,20H,2-6,9,12-15H2,1H3,(H,25,26,27)/t18-,20-/m1/s1. The molecule has 1 aliphatic heterocycles. The van der Waals surface area contributed by atoms with Crippen LogP contribution in [0.15, 0.2) is 24.3 Å². The molecule has 0 radical (unpaired) electrons. The zero-order valence-electron chi connectivity index (χ0n) is 17.6. The predicted octanol–water partition coefficient (Wildman–Crippen LogP) is 4.01. The van der Waals surface area contributed by atoms with Crippen LogP contribution in [-0.2, 0) is 11.2 Å². The largest absolute Gasteiger partial charge is 0.497 e. The average molecular weight is 415 g/mol. The summed E-state index contributed by atoms with van der Waals surface area (Å²) in [6.07, 6.45) is 7.08. The Kier molecular flexibility index (Phi) is 6.65. The summed E-state index contributed by atoms with van der Waals surface area (Å²) in [6, 6.07) is 7.76. The Bertz CT molecular complexity index is 832. The molecule has 7 heteroatoms. The molecule has 0 bridgehead atoms. The van der Waals surface area contributed by atoms with Crippen molar-refractivity contribution in [2.24, 2.45) is 5.92 Å². The second-order valence-electron chi connectivity index (χ2n) is 8.58. The average Bonchev–Trinajstić information content (AvgIpc) is 3.45. The van der Waals surface area contributed by atoms with Gasteiger partial charge < -0.3 is 9.64 Å². The summed E-state index contributed by atoms with van der Waals surface area (Å²) in [4.78, 5) is 19.3. The van der Waals surface area contributed by atoms with Crippen LogP contribution in [0.25, 0.3) is 0 Å². The fraction of sp³-hybridized carbons (Fsp3) is 0.609. The summed E-state index contributed by atoms with van der Waals surface area (Å²) in [6.45, 7) is 0.504. The second-order valence-corrected chi connectivity index (χ2v) is 8.58. The van der Waals surface area contributed by atoms with E-state index in [9.17, 15) is 9.18 Å². The number of benzene rings is 1. The molecule has 0 unspecified atom stereocenters. The third-order valence-corrected chi connectivity index (χ3v) is 6.62. The van der Waals surface area contributed by atoms with Crippen molar-refractivity contribution in [3.63, 3.8) is 0 Å². The fourth-order valence-corrected chi connectivity index (χ4v) is 4.74.